The normalized spacial score (nSPS) is 8.69. The SMILES string of the molecule is Cc1ccc2cc[nH]c2c1.O=C=O. The van der Waals surface area contributed by atoms with Crippen molar-refractivity contribution in [3.05, 3.63) is 36.0 Å². The molecule has 1 aromatic carbocycles. The van der Waals surface area contributed by atoms with Gasteiger partial charge in [-0.2, -0.15) is 9.59 Å². The van der Waals surface area contributed by atoms with Crippen molar-refractivity contribution in [3.8, 4) is 0 Å². The zero-order chi connectivity index (χ0) is 9.68. The van der Waals surface area contributed by atoms with Gasteiger partial charge in [0.1, 0.15) is 0 Å². The molecule has 0 unspecified atom stereocenters. The Hall–Kier alpha value is -1.86. The van der Waals surface area contributed by atoms with Gasteiger partial charge in [0.15, 0.2) is 0 Å². The van der Waals surface area contributed by atoms with Gasteiger partial charge in [-0.25, -0.2) is 0 Å². The van der Waals surface area contributed by atoms with Crippen molar-refractivity contribution in [1.29, 1.82) is 0 Å². The van der Waals surface area contributed by atoms with Gasteiger partial charge < -0.3 is 4.98 Å². The van der Waals surface area contributed by atoms with E-state index in [1.54, 1.807) is 0 Å². The van der Waals surface area contributed by atoms with Gasteiger partial charge in [-0.3, -0.25) is 0 Å². The zero-order valence-corrected chi connectivity index (χ0v) is 7.20. The number of aryl methyl sites for hydroxylation is 1. The van der Waals surface area contributed by atoms with Crippen molar-refractivity contribution >= 4 is 17.1 Å². The molecule has 1 heterocycles. The molecule has 1 N–H and O–H groups in total. The van der Waals surface area contributed by atoms with E-state index in [1.165, 1.54) is 16.5 Å². The van der Waals surface area contributed by atoms with Crippen LogP contribution in [0.5, 0.6) is 0 Å². The summed E-state index contributed by atoms with van der Waals surface area (Å²) in [7, 11) is 0. The third-order valence-corrected chi connectivity index (χ3v) is 1.71. The maximum atomic E-state index is 8.12. The number of carbonyl (C=O) groups excluding carboxylic acids is 2. The lowest BCUT2D eigenvalue weighted by molar-refractivity contribution is -0.191. The summed E-state index contributed by atoms with van der Waals surface area (Å²) in [6.07, 6.45) is 2.21. The van der Waals surface area contributed by atoms with E-state index in [9.17, 15) is 0 Å². The van der Waals surface area contributed by atoms with E-state index in [0.29, 0.717) is 0 Å². The molecule has 0 amide bonds. The first-order valence-electron chi connectivity index (χ1n) is 3.81. The van der Waals surface area contributed by atoms with Gasteiger partial charge in [-0.15, -0.1) is 0 Å². The standard InChI is InChI=1S/C9H9N.CO2/c1-7-2-3-8-4-5-10-9(8)6-7;2-1-3/h2-6,10H,1H3;. The first kappa shape index (κ1) is 9.23. The lowest BCUT2D eigenvalue weighted by Crippen LogP contribution is -1.70. The Morgan fingerprint density at radius 1 is 1.23 bits per heavy atom. The van der Waals surface area contributed by atoms with E-state index < -0.39 is 0 Å². The van der Waals surface area contributed by atoms with Crippen LogP contribution >= 0.6 is 0 Å². The third-order valence-electron chi connectivity index (χ3n) is 1.71. The number of fused-ring (bicyclic) bond motifs is 1. The average Bonchev–Trinajstić information content (AvgIpc) is 2.52. The van der Waals surface area contributed by atoms with Crippen LogP contribution < -0.4 is 0 Å². The second kappa shape index (κ2) is 4.24. The molecule has 1 aromatic heterocycles. The number of nitrogens with one attached hydrogen (secondary N) is 1. The van der Waals surface area contributed by atoms with Crippen molar-refractivity contribution in [1.82, 2.24) is 4.98 Å². The lowest BCUT2D eigenvalue weighted by atomic mass is 10.2. The Morgan fingerprint density at radius 3 is 2.62 bits per heavy atom. The minimum Gasteiger partial charge on any atom is -0.361 e. The first-order valence-corrected chi connectivity index (χ1v) is 3.81. The van der Waals surface area contributed by atoms with Gasteiger partial charge in [0.05, 0.1) is 0 Å². The highest BCUT2D eigenvalue weighted by molar-refractivity contribution is 5.79. The monoisotopic (exact) mass is 175 g/mol. The predicted octanol–water partition coefficient (Wildman–Crippen LogP) is 1.89. The third kappa shape index (κ3) is 2.29. The molecular formula is C10H9NO2. The molecule has 0 aliphatic heterocycles. The van der Waals surface area contributed by atoms with Gasteiger partial charge in [0.2, 0.25) is 0 Å². The first-order chi connectivity index (χ1) is 6.27. The van der Waals surface area contributed by atoms with Crippen LogP contribution in [-0.4, -0.2) is 11.1 Å². The van der Waals surface area contributed by atoms with E-state index in [2.05, 4.69) is 36.2 Å². The lowest BCUT2D eigenvalue weighted by Gasteiger charge is -1.90. The van der Waals surface area contributed by atoms with E-state index in [1.807, 2.05) is 6.20 Å². The average molecular weight is 175 g/mol. The molecular weight excluding hydrogens is 166 g/mol. The van der Waals surface area contributed by atoms with Crippen molar-refractivity contribution in [2.24, 2.45) is 0 Å². The van der Waals surface area contributed by atoms with E-state index in [4.69, 9.17) is 9.59 Å². The number of aromatic amines is 1. The van der Waals surface area contributed by atoms with Crippen LogP contribution in [0.1, 0.15) is 5.56 Å². The van der Waals surface area contributed by atoms with Crippen LogP contribution in [0.4, 0.5) is 0 Å². The van der Waals surface area contributed by atoms with Crippen LogP contribution in [-0.2, 0) is 9.59 Å². The Balaban J connectivity index is 0.000000251. The van der Waals surface area contributed by atoms with Gasteiger partial charge in [-0.05, 0) is 30.0 Å². The smallest absolute Gasteiger partial charge is 0.361 e. The fourth-order valence-corrected chi connectivity index (χ4v) is 1.16. The molecule has 0 spiro atoms. The molecule has 66 valence electrons. The number of rotatable bonds is 0. The second-order valence-corrected chi connectivity index (χ2v) is 2.65. The van der Waals surface area contributed by atoms with Crippen LogP contribution in [0, 0.1) is 6.92 Å². The van der Waals surface area contributed by atoms with Crippen molar-refractivity contribution in [3.63, 3.8) is 0 Å². The minimum atomic E-state index is 0.250. The highest BCUT2D eigenvalue weighted by Crippen LogP contribution is 2.12. The number of hydrogen-bond acceptors (Lipinski definition) is 2. The maximum absolute atomic E-state index is 8.12. The van der Waals surface area contributed by atoms with Gasteiger partial charge >= 0.3 is 6.15 Å². The van der Waals surface area contributed by atoms with Gasteiger partial charge in [0, 0.05) is 11.7 Å². The highest BCUT2D eigenvalue weighted by Gasteiger charge is 1.90. The van der Waals surface area contributed by atoms with Gasteiger partial charge in [0.25, 0.3) is 0 Å². The Labute approximate surface area is 75.4 Å². The molecule has 0 fully saturated rings. The highest BCUT2D eigenvalue weighted by atomic mass is 16.2. The maximum Gasteiger partial charge on any atom is 0.373 e. The molecule has 2 rings (SSSR count). The summed E-state index contributed by atoms with van der Waals surface area (Å²) in [6, 6.07) is 8.47. The van der Waals surface area contributed by atoms with Gasteiger partial charge in [-0.1, -0.05) is 12.1 Å². The molecule has 0 atom stereocenters. The summed E-state index contributed by atoms with van der Waals surface area (Å²) in [5, 5.41) is 1.28. The van der Waals surface area contributed by atoms with E-state index in [-0.39, 0.29) is 6.15 Å². The molecule has 0 radical (unpaired) electrons. The summed E-state index contributed by atoms with van der Waals surface area (Å²) in [4.78, 5) is 19.4. The van der Waals surface area contributed by atoms with Crippen LogP contribution in [0.15, 0.2) is 30.5 Å². The molecule has 2 aromatic rings. The van der Waals surface area contributed by atoms with E-state index >= 15 is 0 Å². The van der Waals surface area contributed by atoms with Crippen molar-refractivity contribution in [2.45, 2.75) is 6.92 Å². The second-order valence-electron chi connectivity index (χ2n) is 2.65. The minimum absolute atomic E-state index is 0.250. The van der Waals surface area contributed by atoms with Crippen molar-refractivity contribution in [2.75, 3.05) is 0 Å². The molecule has 0 bridgehead atoms. The largest absolute Gasteiger partial charge is 0.373 e. The summed E-state index contributed by atoms with van der Waals surface area (Å²) in [5.74, 6) is 0. The zero-order valence-electron chi connectivity index (χ0n) is 7.20. The van der Waals surface area contributed by atoms with Crippen LogP contribution in [0.3, 0.4) is 0 Å². The summed E-state index contributed by atoms with van der Waals surface area (Å²) < 4.78 is 0. The topological polar surface area (TPSA) is 49.9 Å². The summed E-state index contributed by atoms with van der Waals surface area (Å²) in [6.45, 7) is 2.10. The molecule has 13 heavy (non-hydrogen) atoms. The summed E-state index contributed by atoms with van der Waals surface area (Å²) in [5.41, 5.74) is 2.52. The number of aromatic nitrogens is 1. The van der Waals surface area contributed by atoms with Crippen molar-refractivity contribution < 1.29 is 9.59 Å². The molecule has 0 saturated carbocycles. The summed E-state index contributed by atoms with van der Waals surface area (Å²) >= 11 is 0. The Bertz CT molecular complexity index is 425. The fourth-order valence-electron chi connectivity index (χ4n) is 1.16. The molecule has 0 aliphatic rings. The number of benzene rings is 1. The Kier molecular flexibility index (Phi) is 3.01. The molecule has 3 heteroatoms. The Morgan fingerprint density at radius 2 is 1.92 bits per heavy atom. The van der Waals surface area contributed by atoms with Crippen LogP contribution in [0.2, 0.25) is 0 Å². The number of hydrogen-bond donors (Lipinski definition) is 1. The van der Waals surface area contributed by atoms with E-state index in [0.717, 1.165) is 0 Å². The molecule has 3 nitrogen and oxygen atoms in total. The quantitative estimate of drug-likeness (QED) is 0.664. The number of H-pyrrole nitrogens is 1. The fraction of sp³-hybridized carbons (Fsp3) is 0.100. The van der Waals surface area contributed by atoms with Crippen LogP contribution in [0.25, 0.3) is 10.9 Å². The molecule has 0 aliphatic carbocycles. The predicted molar refractivity (Wildman–Crippen MR) is 48.0 cm³/mol. The molecule has 0 saturated heterocycles.